The lowest BCUT2D eigenvalue weighted by Crippen LogP contribution is -2.23. The zero-order chi connectivity index (χ0) is 23.4. The van der Waals surface area contributed by atoms with E-state index in [0.29, 0.717) is 28.2 Å². The SMILES string of the molecule is Cc1cc(CNC(=O)c2ccc(-c3cccnn3)nc2)cnc1-c1ccnc(C(C)(F)F)c1. The Morgan fingerprint density at radius 1 is 1.00 bits per heavy atom. The van der Waals surface area contributed by atoms with E-state index in [9.17, 15) is 13.6 Å². The van der Waals surface area contributed by atoms with Crippen molar-refractivity contribution in [3.63, 3.8) is 0 Å². The van der Waals surface area contributed by atoms with Crippen molar-refractivity contribution in [2.45, 2.75) is 26.3 Å². The molecule has 7 nitrogen and oxygen atoms in total. The smallest absolute Gasteiger partial charge is 0.286 e. The number of carbonyl (C=O) groups is 1. The summed E-state index contributed by atoms with van der Waals surface area (Å²) in [7, 11) is 0. The second-order valence-electron chi connectivity index (χ2n) is 7.55. The Morgan fingerprint density at radius 3 is 2.52 bits per heavy atom. The number of nitrogens with one attached hydrogen (secondary N) is 1. The van der Waals surface area contributed by atoms with Gasteiger partial charge < -0.3 is 5.32 Å². The van der Waals surface area contributed by atoms with Gasteiger partial charge in [-0.05, 0) is 54.4 Å². The molecule has 4 aromatic heterocycles. The fraction of sp³-hybridized carbons (Fsp3) is 0.167. The molecule has 166 valence electrons. The molecule has 0 saturated heterocycles. The second kappa shape index (κ2) is 9.15. The van der Waals surface area contributed by atoms with Crippen molar-refractivity contribution in [2.75, 3.05) is 0 Å². The number of aryl methyl sites for hydroxylation is 1. The van der Waals surface area contributed by atoms with Crippen LogP contribution in [0.15, 0.2) is 67.3 Å². The van der Waals surface area contributed by atoms with Crippen molar-refractivity contribution in [3.8, 4) is 22.6 Å². The normalized spacial score (nSPS) is 11.3. The molecule has 1 amide bonds. The van der Waals surface area contributed by atoms with Crippen molar-refractivity contribution in [2.24, 2.45) is 0 Å². The third kappa shape index (κ3) is 5.20. The first-order valence-electron chi connectivity index (χ1n) is 10.1. The first-order valence-corrected chi connectivity index (χ1v) is 10.1. The minimum Gasteiger partial charge on any atom is -0.348 e. The maximum atomic E-state index is 13.6. The Morgan fingerprint density at radius 2 is 1.85 bits per heavy atom. The van der Waals surface area contributed by atoms with Crippen LogP contribution in [0.2, 0.25) is 0 Å². The van der Waals surface area contributed by atoms with Crippen molar-refractivity contribution < 1.29 is 13.6 Å². The third-order valence-corrected chi connectivity index (χ3v) is 4.93. The van der Waals surface area contributed by atoms with Gasteiger partial charge in [-0.15, -0.1) is 5.10 Å². The van der Waals surface area contributed by atoms with Crippen molar-refractivity contribution in [1.82, 2.24) is 30.5 Å². The summed E-state index contributed by atoms with van der Waals surface area (Å²) in [4.78, 5) is 24.9. The van der Waals surface area contributed by atoms with Crippen molar-refractivity contribution >= 4 is 5.91 Å². The van der Waals surface area contributed by atoms with Crippen LogP contribution in [0.5, 0.6) is 0 Å². The molecule has 0 atom stereocenters. The molecule has 0 spiro atoms. The average molecular weight is 446 g/mol. The molecule has 0 saturated carbocycles. The quantitative estimate of drug-likeness (QED) is 0.473. The fourth-order valence-corrected chi connectivity index (χ4v) is 3.25. The molecular formula is C24H20F2N6O. The number of halogens is 2. The highest BCUT2D eigenvalue weighted by Crippen LogP contribution is 2.29. The number of pyridine rings is 3. The summed E-state index contributed by atoms with van der Waals surface area (Å²) in [5, 5.41) is 10.6. The highest BCUT2D eigenvalue weighted by molar-refractivity contribution is 5.94. The summed E-state index contributed by atoms with van der Waals surface area (Å²) in [5.41, 5.74) is 4.07. The largest absolute Gasteiger partial charge is 0.348 e. The monoisotopic (exact) mass is 446 g/mol. The topological polar surface area (TPSA) is 93.6 Å². The molecule has 0 aromatic carbocycles. The van der Waals surface area contributed by atoms with E-state index in [1.54, 1.807) is 42.7 Å². The van der Waals surface area contributed by atoms with Crippen LogP contribution in [0.25, 0.3) is 22.6 Å². The van der Waals surface area contributed by atoms with Gasteiger partial charge in [0.25, 0.3) is 11.8 Å². The van der Waals surface area contributed by atoms with Crippen LogP contribution in [0.1, 0.15) is 34.1 Å². The van der Waals surface area contributed by atoms with E-state index in [4.69, 9.17) is 0 Å². The lowest BCUT2D eigenvalue weighted by atomic mass is 10.0. The molecule has 4 aromatic rings. The van der Waals surface area contributed by atoms with E-state index in [1.807, 2.05) is 13.0 Å². The van der Waals surface area contributed by atoms with Crippen LogP contribution in [-0.4, -0.2) is 31.1 Å². The lowest BCUT2D eigenvalue weighted by Gasteiger charge is -2.12. The third-order valence-electron chi connectivity index (χ3n) is 4.93. The van der Waals surface area contributed by atoms with E-state index in [1.165, 1.54) is 18.5 Å². The molecule has 0 bridgehead atoms. The van der Waals surface area contributed by atoms with E-state index in [-0.39, 0.29) is 18.1 Å². The second-order valence-corrected chi connectivity index (χ2v) is 7.55. The van der Waals surface area contributed by atoms with Gasteiger partial charge in [-0.3, -0.25) is 19.7 Å². The molecule has 0 aliphatic carbocycles. The first-order chi connectivity index (χ1) is 15.8. The minimum atomic E-state index is -3.03. The number of rotatable bonds is 6. The molecular weight excluding hydrogens is 426 g/mol. The number of carbonyl (C=O) groups excluding carboxylic acids is 1. The number of alkyl halides is 2. The minimum absolute atomic E-state index is 0.257. The Hall–Kier alpha value is -4.14. The van der Waals surface area contributed by atoms with Crippen molar-refractivity contribution in [1.29, 1.82) is 0 Å². The Balaban J connectivity index is 1.43. The van der Waals surface area contributed by atoms with Gasteiger partial charge in [0.15, 0.2) is 0 Å². The Bertz CT molecular complexity index is 1270. The van der Waals surface area contributed by atoms with Crippen LogP contribution in [0.4, 0.5) is 8.78 Å². The Kier molecular flexibility index (Phi) is 6.12. The molecule has 1 N–H and O–H groups in total. The predicted octanol–water partition coefficient (Wildman–Crippen LogP) is 4.35. The van der Waals surface area contributed by atoms with Crippen LogP contribution >= 0.6 is 0 Å². The summed E-state index contributed by atoms with van der Waals surface area (Å²) in [5.74, 6) is -3.31. The fourth-order valence-electron chi connectivity index (χ4n) is 3.25. The van der Waals surface area contributed by atoms with E-state index in [0.717, 1.165) is 18.1 Å². The van der Waals surface area contributed by atoms with Crippen LogP contribution < -0.4 is 5.32 Å². The maximum absolute atomic E-state index is 13.6. The summed E-state index contributed by atoms with van der Waals surface area (Å²) in [6.45, 7) is 2.91. The van der Waals surface area contributed by atoms with Gasteiger partial charge in [-0.2, -0.15) is 13.9 Å². The van der Waals surface area contributed by atoms with Gasteiger partial charge in [0.05, 0.1) is 17.0 Å². The number of aromatic nitrogens is 5. The van der Waals surface area contributed by atoms with Gasteiger partial charge in [0, 0.05) is 43.8 Å². The van der Waals surface area contributed by atoms with Crippen LogP contribution in [0.3, 0.4) is 0 Å². The summed E-state index contributed by atoms with van der Waals surface area (Å²) in [6, 6.07) is 11.8. The van der Waals surface area contributed by atoms with Gasteiger partial charge in [0.2, 0.25) is 0 Å². The number of nitrogens with zero attached hydrogens (tertiary/aromatic N) is 5. The highest BCUT2D eigenvalue weighted by Gasteiger charge is 2.26. The van der Waals surface area contributed by atoms with E-state index < -0.39 is 5.92 Å². The summed E-state index contributed by atoms with van der Waals surface area (Å²) >= 11 is 0. The van der Waals surface area contributed by atoms with Gasteiger partial charge >= 0.3 is 0 Å². The molecule has 0 aliphatic heterocycles. The predicted molar refractivity (Wildman–Crippen MR) is 118 cm³/mol. The molecule has 0 fully saturated rings. The molecule has 0 radical (unpaired) electrons. The first kappa shape index (κ1) is 22.1. The van der Waals surface area contributed by atoms with Gasteiger partial charge in [-0.25, -0.2) is 0 Å². The van der Waals surface area contributed by atoms with E-state index >= 15 is 0 Å². The van der Waals surface area contributed by atoms with Crippen LogP contribution in [0, 0.1) is 6.92 Å². The van der Waals surface area contributed by atoms with E-state index in [2.05, 4.69) is 30.5 Å². The summed E-state index contributed by atoms with van der Waals surface area (Å²) < 4.78 is 27.2. The maximum Gasteiger partial charge on any atom is 0.286 e. The zero-order valence-electron chi connectivity index (χ0n) is 18.0. The van der Waals surface area contributed by atoms with Gasteiger partial charge in [0.1, 0.15) is 11.4 Å². The number of amides is 1. The number of hydrogen-bond acceptors (Lipinski definition) is 6. The number of hydrogen-bond donors (Lipinski definition) is 1. The zero-order valence-corrected chi connectivity index (χ0v) is 18.0. The summed E-state index contributed by atoms with van der Waals surface area (Å²) in [6.07, 6.45) is 6.02. The van der Waals surface area contributed by atoms with Crippen LogP contribution in [-0.2, 0) is 12.5 Å². The Labute approximate surface area is 189 Å². The molecule has 9 heteroatoms. The average Bonchev–Trinajstić information content (AvgIpc) is 2.83. The molecule has 0 aliphatic rings. The molecule has 0 unspecified atom stereocenters. The highest BCUT2D eigenvalue weighted by atomic mass is 19.3. The lowest BCUT2D eigenvalue weighted by molar-refractivity contribution is 0.0128. The standard InChI is InChI=1S/C24H20F2N6O/c1-15-10-16(12-29-22(15)17-7-9-27-21(11-17)24(2,25)26)13-30-23(33)18-5-6-19(28-14-18)20-4-3-8-31-32-20/h3-12,14H,13H2,1-2H3,(H,30,33). The molecule has 33 heavy (non-hydrogen) atoms. The van der Waals surface area contributed by atoms with Crippen molar-refractivity contribution in [3.05, 3.63) is 89.6 Å². The molecule has 4 rings (SSSR count). The molecule has 4 heterocycles. The van der Waals surface area contributed by atoms with Gasteiger partial charge in [-0.1, -0.05) is 6.07 Å².